The van der Waals surface area contributed by atoms with Gasteiger partial charge in [-0.3, -0.25) is 13.9 Å². The molecule has 0 fully saturated rings. The van der Waals surface area contributed by atoms with E-state index in [1.54, 1.807) is 7.05 Å². The van der Waals surface area contributed by atoms with E-state index in [1.807, 2.05) is 0 Å². The summed E-state index contributed by atoms with van der Waals surface area (Å²) in [4.78, 5) is 23.1. The van der Waals surface area contributed by atoms with Gasteiger partial charge in [0.15, 0.2) is 0 Å². The molecule has 0 aliphatic carbocycles. The Labute approximate surface area is 105 Å². The molecular formula is C11H19N3O4. The average Bonchev–Trinajstić information content (AvgIpc) is 2.33. The van der Waals surface area contributed by atoms with E-state index in [0.717, 1.165) is 4.57 Å². The summed E-state index contributed by atoms with van der Waals surface area (Å²) in [5.41, 5.74) is -0.128. The molecule has 1 atom stereocenters. The Balaban J connectivity index is 2.69. The van der Waals surface area contributed by atoms with E-state index >= 15 is 0 Å². The van der Waals surface area contributed by atoms with Crippen molar-refractivity contribution < 1.29 is 9.84 Å². The normalized spacial score (nSPS) is 12.7. The number of aliphatic hydroxyl groups is 1. The Hall–Kier alpha value is -1.44. The van der Waals surface area contributed by atoms with Gasteiger partial charge in [0.2, 0.25) is 0 Å². The van der Waals surface area contributed by atoms with E-state index in [0.29, 0.717) is 18.8 Å². The number of hydrogen-bond acceptors (Lipinski definition) is 5. The van der Waals surface area contributed by atoms with Crippen LogP contribution in [-0.4, -0.2) is 40.6 Å². The van der Waals surface area contributed by atoms with Crippen molar-refractivity contribution in [2.24, 2.45) is 14.1 Å². The standard InChI is InChI=1S/C11H19N3O4/c1-13-8(4-10(16)14(2)11(13)17)5-12-6-9(15)7-18-3/h4,9,12,15H,5-7H2,1-3H3. The number of nitrogens with zero attached hydrogens (tertiary/aromatic N) is 2. The van der Waals surface area contributed by atoms with Crippen molar-refractivity contribution in [3.8, 4) is 0 Å². The van der Waals surface area contributed by atoms with Gasteiger partial charge in [-0.25, -0.2) is 4.79 Å². The van der Waals surface area contributed by atoms with Gasteiger partial charge in [-0.2, -0.15) is 0 Å². The van der Waals surface area contributed by atoms with Crippen LogP contribution in [0.15, 0.2) is 15.7 Å². The molecule has 7 heteroatoms. The Bertz CT molecular complexity index is 506. The van der Waals surface area contributed by atoms with Crippen LogP contribution in [0.4, 0.5) is 0 Å². The average molecular weight is 257 g/mol. The Morgan fingerprint density at radius 3 is 2.67 bits per heavy atom. The van der Waals surface area contributed by atoms with Crippen LogP contribution in [0.5, 0.6) is 0 Å². The van der Waals surface area contributed by atoms with Crippen molar-refractivity contribution in [2.45, 2.75) is 12.6 Å². The fourth-order valence-corrected chi connectivity index (χ4v) is 1.57. The third kappa shape index (κ3) is 3.52. The molecule has 0 radical (unpaired) electrons. The summed E-state index contributed by atoms with van der Waals surface area (Å²) in [5, 5.41) is 12.4. The third-order valence-electron chi connectivity index (χ3n) is 2.67. The summed E-state index contributed by atoms with van der Waals surface area (Å²) in [5.74, 6) is 0. The van der Waals surface area contributed by atoms with Crippen molar-refractivity contribution in [3.05, 3.63) is 32.6 Å². The second-order valence-electron chi connectivity index (χ2n) is 4.11. The minimum atomic E-state index is -0.612. The maximum atomic E-state index is 11.6. The maximum Gasteiger partial charge on any atom is 0.330 e. The predicted octanol–water partition coefficient (Wildman–Crippen LogP) is -1.82. The third-order valence-corrected chi connectivity index (χ3v) is 2.67. The number of aromatic nitrogens is 2. The van der Waals surface area contributed by atoms with E-state index in [2.05, 4.69) is 5.32 Å². The fourth-order valence-electron chi connectivity index (χ4n) is 1.57. The van der Waals surface area contributed by atoms with Crippen LogP contribution < -0.4 is 16.6 Å². The molecule has 0 bridgehead atoms. The molecule has 0 saturated heterocycles. The molecule has 0 saturated carbocycles. The summed E-state index contributed by atoms with van der Waals surface area (Å²) in [6.45, 7) is 0.905. The lowest BCUT2D eigenvalue weighted by Gasteiger charge is -2.13. The van der Waals surface area contributed by atoms with Gasteiger partial charge in [0.1, 0.15) is 0 Å². The van der Waals surface area contributed by atoms with Crippen molar-refractivity contribution >= 4 is 0 Å². The summed E-state index contributed by atoms with van der Waals surface area (Å²) < 4.78 is 7.23. The van der Waals surface area contributed by atoms with Gasteiger partial charge in [-0.1, -0.05) is 0 Å². The van der Waals surface area contributed by atoms with Crippen LogP contribution in [0.25, 0.3) is 0 Å². The molecule has 18 heavy (non-hydrogen) atoms. The van der Waals surface area contributed by atoms with Gasteiger partial charge in [-0.15, -0.1) is 0 Å². The minimum absolute atomic E-state index is 0.239. The first kappa shape index (κ1) is 14.6. The molecule has 1 aromatic rings. The first-order chi connectivity index (χ1) is 8.47. The molecule has 1 rings (SSSR count). The lowest BCUT2D eigenvalue weighted by Crippen LogP contribution is -2.39. The molecule has 7 nitrogen and oxygen atoms in total. The number of aliphatic hydroxyl groups excluding tert-OH is 1. The molecule has 0 aliphatic rings. The van der Waals surface area contributed by atoms with Crippen LogP contribution in [-0.2, 0) is 25.4 Å². The van der Waals surface area contributed by atoms with E-state index in [4.69, 9.17) is 4.74 Å². The number of nitrogens with one attached hydrogen (secondary N) is 1. The van der Waals surface area contributed by atoms with Crippen molar-refractivity contribution in [1.82, 2.24) is 14.5 Å². The van der Waals surface area contributed by atoms with Gasteiger partial charge in [-0.05, 0) is 0 Å². The van der Waals surface area contributed by atoms with Gasteiger partial charge in [0.05, 0.1) is 12.7 Å². The SMILES string of the molecule is COCC(O)CNCc1cc(=O)n(C)c(=O)n1C. The van der Waals surface area contributed by atoms with E-state index in [9.17, 15) is 14.7 Å². The summed E-state index contributed by atoms with van der Waals surface area (Å²) in [6, 6.07) is 1.40. The second-order valence-corrected chi connectivity index (χ2v) is 4.11. The zero-order valence-electron chi connectivity index (χ0n) is 10.8. The van der Waals surface area contributed by atoms with E-state index in [1.165, 1.54) is 24.8 Å². The predicted molar refractivity (Wildman–Crippen MR) is 66.5 cm³/mol. The molecule has 0 aromatic carbocycles. The molecule has 0 spiro atoms. The van der Waals surface area contributed by atoms with Crippen LogP contribution in [0.1, 0.15) is 5.69 Å². The monoisotopic (exact) mass is 257 g/mol. The maximum absolute atomic E-state index is 11.6. The first-order valence-electron chi connectivity index (χ1n) is 5.61. The fraction of sp³-hybridized carbons (Fsp3) is 0.636. The Morgan fingerprint density at radius 1 is 1.39 bits per heavy atom. The lowest BCUT2D eigenvalue weighted by atomic mass is 10.3. The van der Waals surface area contributed by atoms with Crippen LogP contribution in [0, 0.1) is 0 Å². The minimum Gasteiger partial charge on any atom is -0.389 e. The zero-order valence-corrected chi connectivity index (χ0v) is 10.8. The Kier molecular flexibility index (Phi) is 5.26. The highest BCUT2D eigenvalue weighted by atomic mass is 16.5. The summed E-state index contributed by atoms with van der Waals surface area (Å²) in [7, 11) is 4.54. The zero-order chi connectivity index (χ0) is 13.7. The Morgan fingerprint density at radius 2 is 2.06 bits per heavy atom. The number of ether oxygens (including phenoxy) is 1. The van der Waals surface area contributed by atoms with E-state index in [-0.39, 0.29) is 17.9 Å². The highest BCUT2D eigenvalue weighted by Crippen LogP contribution is 1.90. The smallest absolute Gasteiger partial charge is 0.330 e. The van der Waals surface area contributed by atoms with Crippen molar-refractivity contribution in [3.63, 3.8) is 0 Å². The van der Waals surface area contributed by atoms with Crippen molar-refractivity contribution in [2.75, 3.05) is 20.3 Å². The highest BCUT2D eigenvalue weighted by Gasteiger charge is 2.07. The first-order valence-corrected chi connectivity index (χ1v) is 5.61. The van der Waals surface area contributed by atoms with Crippen LogP contribution in [0.2, 0.25) is 0 Å². The second kappa shape index (κ2) is 6.48. The number of hydrogen-bond donors (Lipinski definition) is 2. The highest BCUT2D eigenvalue weighted by molar-refractivity contribution is 5.01. The molecule has 0 amide bonds. The van der Waals surface area contributed by atoms with Crippen LogP contribution in [0.3, 0.4) is 0 Å². The van der Waals surface area contributed by atoms with E-state index < -0.39 is 6.10 Å². The molecule has 102 valence electrons. The topological polar surface area (TPSA) is 85.5 Å². The molecule has 2 N–H and O–H groups in total. The van der Waals surface area contributed by atoms with Crippen molar-refractivity contribution in [1.29, 1.82) is 0 Å². The van der Waals surface area contributed by atoms with Gasteiger partial charge < -0.3 is 15.2 Å². The van der Waals surface area contributed by atoms with Crippen LogP contribution >= 0.6 is 0 Å². The largest absolute Gasteiger partial charge is 0.389 e. The summed E-state index contributed by atoms with van der Waals surface area (Å²) >= 11 is 0. The van der Waals surface area contributed by atoms with Gasteiger partial charge in [0, 0.05) is 46.1 Å². The molecule has 1 aromatic heterocycles. The summed E-state index contributed by atoms with van der Waals surface area (Å²) in [6.07, 6.45) is -0.612. The molecular weight excluding hydrogens is 238 g/mol. The number of methoxy groups -OCH3 is 1. The lowest BCUT2D eigenvalue weighted by molar-refractivity contribution is 0.0643. The number of rotatable bonds is 6. The van der Waals surface area contributed by atoms with Gasteiger partial charge >= 0.3 is 5.69 Å². The molecule has 0 aliphatic heterocycles. The quantitative estimate of drug-likeness (QED) is 0.627. The molecule has 1 heterocycles. The molecule has 1 unspecified atom stereocenters. The van der Waals surface area contributed by atoms with Gasteiger partial charge in [0.25, 0.3) is 5.56 Å².